The number of nitrogen functional groups attached to an aromatic ring is 1. The molecule has 3 rings (SSSR count). The fourth-order valence-electron chi connectivity index (χ4n) is 2.40. The highest BCUT2D eigenvalue weighted by Crippen LogP contribution is 2.40. The van der Waals surface area contributed by atoms with Gasteiger partial charge in [-0.3, -0.25) is 4.79 Å². The Morgan fingerprint density at radius 2 is 2.08 bits per heavy atom. The summed E-state index contributed by atoms with van der Waals surface area (Å²) in [4.78, 5) is 21.4. The molecule has 0 fully saturated rings. The highest BCUT2D eigenvalue weighted by Gasteiger charge is 2.21. The summed E-state index contributed by atoms with van der Waals surface area (Å²) >= 11 is 13.3. The predicted molar refractivity (Wildman–Crippen MR) is 106 cm³/mol. The maximum atomic E-state index is 11.7. The molecule has 136 valence electrons. The highest BCUT2D eigenvalue weighted by atomic mass is 35.5. The highest BCUT2D eigenvalue weighted by molar-refractivity contribution is 7.21. The van der Waals surface area contributed by atoms with Crippen LogP contribution in [0.25, 0.3) is 21.5 Å². The summed E-state index contributed by atoms with van der Waals surface area (Å²) < 4.78 is 5.02. The number of carbonyl (C=O) groups excluding carboxylic acids is 1. The maximum Gasteiger partial charge on any atom is 0.260 e. The molecule has 0 bridgehead atoms. The van der Waals surface area contributed by atoms with Crippen LogP contribution in [0.5, 0.6) is 0 Å². The van der Waals surface area contributed by atoms with Gasteiger partial charge in [0, 0.05) is 19.2 Å². The number of benzene rings is 1. The smallest absolute Gasteiger partial charge is 0.260 e. The average Bonchev–Trinajstić information content (AvgIpc) is 2.94. The number of rotatable bonds is 6. The summed E-state index contributed by atoms with van der Waals surface area (Å²) in [7, 11) is 1.60. The first-order valence-electron chi connectivity index (χ1n) is 7.50. The number of primary amides is 1. The van der Waals surface area contributed by atoms with Crippen LogP contribution in [0.4, 0.5) is 11.6 Å². The lowest BCUT2D eigenvalue weighted by Crippen LogP contribution is -2.11. The van der Waals surface area contributed by atoms with Crippen LogP contribution in [-0.4, -0.2) is 36.1 Å². The Labute approximate surface area is 163 Å². The summed E-state index contributed by atoms with van der Waals surface area (Å²) in [5.74, 6) is -0.229. The summed E-state index contributed by atoms with van der Waals surface area (Å²) in [5, 5.41) is 4.44. The van der Waals surface area contributed by atoms with Crippen LogP contribution in [0.3, 0.4) is 0 Å². The van der Waals surface area contributed by atoms with Crippen LogP contribution in [-0.2, 0) is 4.74 Å². The standard InChI is InChI=1S/C16H15Cl2N5O2S/c1-25-5-4-21-16-22-12(7-2-3-8(17)9(18)6-7)10-11(19)13(14(20)24)26-15(10)23-16/h2-3,6H,4-5,19H2,1H3,(H2,20,24)(H,21,22,23). The normalized spacial score (nSPS) is 11.0. The summed E-state index contributed by atoms with van der Waals surface area (Å²) in [5.41, 5.74) is 13.1. The first-order valence-corrected chi connectivity index (χ1v) is 9.07. The number of hydrogen-bond acceptors (Lipinski definition) is 7. The second-order valence-corrected chi connectivity index (χ2v) is 7.15. The number of nitrogens with one attached hydrogen (secondary N) is 1. The minimum Gasteiger partial charge on any atom is -0.397 e. The Hall–Kier alpha value is -2.13. The molecule has 0 radical (unpaired) electrons. The van der Waals surface area contributed by atoms with Gasteiger partial charge in [0.05, 0.1) is 33.4 Å². The van der Waals surface area contributed by atoms with E-state index < -0.39 is 5.91 Å². The van der Waals surface area contributed by atoms with Crippen molar-refractivity contribution in [2.24, 2.45) is 5.73 Å². The molecule has 0 saturated carbocycles. The third-order valence-corrected chi connectivity index (χ3v) is 5.45. The van der Waals surface area contributed by atoms with Crippen molar-refractivity contribution in [3.63, 3.8) is 0 Å². The molecule has 26 heavy (non-hydrogen) atoms. The van der Waals surface area contributed by atoms with Crippen molar-refractivity contribution in [1.82, 2.24) is 9.97 Å². The lowest BCUT2D eigenvalue weighted by molar-refractivity contribution is 0.100. The van der Waals surface area contributed by atoms with Gasteiger partial charge in [-0.15, -0.1) is 11.3 Å². The molecule has 0 unspecified atom stereocenters. The number of carbonyl (C=O) groups is 1. The van der Waals surface area contributed by atoms with E-state index in [0.717, 1.165) is 11.3 Å². The van der Waals surface area contributed by atoms with Gasteiger partial charge in [-0.05, 0) is 12.1 Å². The predicted octanol–water partition coefficient (Wildman–Crippen LogP) is 3.40. The molecule has 0 aliphatic carbocycles. The average molecular weight is 412 g/mol. The first kappa shape index (κ1) is 18.7. The Morgan fingerprint density at radius 3 is 2.73 bits per heavy atom. The number of halogens is 2. The number of anilines is 2. The number of thiophene rings is 1. The molecule has 0 aliphatic rings. The monoisotopic (exact) mass is 411 g/mol. The molecule has 5 N–H and O–H groups in total. The summed E-state index contributed by atoms with van der Waals surface area (Å²) in [6.07, 6.45) is 0. The van der Waals surface area contributed by atoms with Crippen molar-refractivity contribution in [3.05, 3.63) is 33.1 Å². The van der Waals surface area contributed by atoms with Crippen LogP contribution in [0.2, 0.25) is 10.0 Å². The zero-order chi connectivity index (χ0) is 18.8. The van der Waals surface area contributed by atoms with E-state index in [2.05, 4.69) is 15.3 Å². The van der Waals surface area contributed by atoms with Crippen LogP contribution < -0.4 is 16.8 Å². The molecule has 2 heterocycles. The Kier molecular flexibility index (Phi) is 5.47. The van der Waals surface area contributed by atoms with Crippen LogP contribution in [0, 0.1) is 0 Å². The zero-order valence-electron chi connectivity index (χ0n) is 13.7. The fourth-order valence-corrected chi connectivity index (χ4v) is 3.65. The van der Waals surface area contributed by atoms with Crippen molar-refractivity contribution in [2.75, 3.05) is 31.3 Å². The van der Waals surface area contributed by atoms with Gasteiger partial charge in [-0.25, -0.2) is 9.97 Å². The van der Waals surface area contributed by atoms with Gasteiger partial charge in [-0.2, -0.15) is 0 Å². The lowest BCUT2D eigenvalue weighted by Gasteiger charge is -2.09. The lowest BCUT2D eigenvalue weighted by atomic mass is 10.1. The van der Waals surface area contributed by atoms with E-state index in [1.54, 1.807) is 25.3 Å². The number of nitrogens with zero attached hydrogens (tertiary/aromatic N) is 2. The molecule has 0 atom stereocenters. The van der Waals surface area contributed by atoms with Gasteiger partial charge in [0.15, 0.2) is 0 Å². The van der Waals surface area contributed by atoms with Crippen molar-refractivity contribution in [1.29, 1.82) is 0 Å². The van der Waals surface area contributed by atoms with Crippen molar-refractivity contribution in [3.8, 4) is 11.3 Å². The Balaban J connectivity index is 2.22. The molecule has 1 aromatic carbocycles. The minimum atomic E-state index is -0.612. The number of ether oxygens (including phenoxy) is 1. The first-order chi connectivity index (χ1) is 12.4. The number of nitrogens with two attached hydrogens (primary N) is 2. The number of hydrogen-bond donors (Lipinski definition) is 3. The second kappa shape index (κ2) is 7.63. The quantitative estimate of drug-likeness (QED) is 0.535. The second-order valence-electron chi connectivity index (χ2n) is 5.33. The van der Waals surface area contributed by atoms with E-state index in [4.69, 9.17) is 39.4 Å². The third-order valence-electron chi connectivity index (χ3n) is 3.59. The summed E-state index contributed by atoms with van der Waals surface area (Å²) in [6.45, 7) is 1.01. The molecule has 0 spiro atoms. The zero-order valence-corrected chi connectivity index (χ0v) is 16.0. The SMILES string of the molecule is COCCNc1nc(-c2ccc(Cl)c(Cl)c2)c2c(N)c(C(N)=O)sc2n1. The minimum absolute atomic E-state index is 0.240. The van der Waals surface area contributed by atoms with Gasteiger partial charge < -0.3 is 21.5 Å². The van der Waals surface area contributed by atoms with Gasteiger partial charge in [0.1, 0.15) is 9.71 Å². The van der Waals surface area contributed by atoms with E-state index >= 15 is 0 Å². The summed E-state index contributed by atoms with van der Waals surface area (Å²) in [6, 6.07) is 5.13. The Morgan fingerprint density at radius 1 is 1.31 bits per heavy atom. The maximum absolute atomic E-state index is 11.7. The molecule has 3 aromatic rings. The molecular weight excluding hydrogens is 397 g/mol. The molecular formula is C16H15Cl2N5O2S. The topological polar surface area (TPSA) is 116 Å². The van der Waals surface area contributed by atoms with Gasteiger partial charge >= 0.3 is 0 Å². The largest absolute Gasteiger partial charge is 0.397 e. The van der Waals surface area contributed by atoms with Gasteiger partial charge in [0.25, 0.3) is 5.91 Å². The van der Waals surface area contributed by atoms with E-state index in [0.29, 0.717) is 50.6 Å². The van der Waals surface area contributed by atoms with Crippen LogP contribution >= 0.6 is 34.5 Å². The van der Waals surface area contributed by atoms with Crippen molar-refractivity contribution < 1.29 is 9.53 Å². The molecule has 0 aliphatic heterocycles. The number of amides is 1. The van der Waals surface area contributed by atoms with Gasteiger partial charge in [0.2, 0.25) is 5.95 Å². The van der Waals surface area contributed by atoms with Gasteiger partial charge in [-0.1, -0.05) is 29.3 Å². The molecule has 7 nitrogen and oxygen atoms in total. The van der Waals surface area contributed by atoms with Crippen LogP contribution in [0.15, 0.2) is 18.2 Å². The number of aromatic nitrogens is 2. The molecule has 0 saturated heterocycles. The fraction of sp³-hybridized carbons (Fsp3) is 0.188. The Bertz CT molecular complexity index is 992. The molecule has 2 aromatic heterocycles. The van der Waals surface area contributed by atoms with E-state index in [9.17, 15) is 4.79 Å². The third kappa shape index (κ3) is 3.54. The van der Waals surface area contributed by atoms with Crippen LogP contribution in [0.1, 0.15) is 9.67 Å². The van der Waals surface area contributed by atoms with E-state index in [1.807, 2.05) is 0 Å². The number of fused-ring (bicyclic) bond motifs is 1. The number of methoxy groups -OCH3 is 1. The van der Waals surface area contributed by atoms with Crippen molar-refractivity contribution in [2.45, 2.75) is 0 Å². The van der Waals surface area contributed by atoms with Crippen molar-refractivity contribution >= 4 is 62.3 Å². The van der Waals surface area contributed by atoms with E-state index in [-0.39, 0.29) is 10.6 Å². The molecule has 10 heteroatoms. The molecule has 1 amide bonds. The van der Waals surface area contributed by atoms with E-state index in [1.165, 1.54) is 0 Å².